The van der Waals surface area contributed by atoms with Crippen molar-refractivity contribution in [3.8, 4) is 0 Å². The van der Waals surface area contributed by atoms with Gasteiger partial charge in [0.2, 0.25) is 0 Å². The molecule has 0 atom stereocenters. The first kappa shape index (κ1) is 24.1. The number of benzene rings is 3. The monoisotopic (exact) mass is 574 g/mol. The third-order valence-electron chi connectivity index (χ3n) is 6.21. The predicted molar refractivity (Wildman–Crippen MR) is 141 cm³/mol. The van der Waals surface area contributed by atoms with Crippen molar-refractivity contribution < 1.29 is 13.2 Å². The van der Waals surface area contributed by atoms with Crippen molar-refractivity contribution in [3.05, 3.63) is 87.4 Å². The van der Waals surface area contributed by atoms with Crippen LogP contribution in [-0.4, -0.2) is 44.9 Å². The van der Waals surface area contributed by atoms with E-state index in [9.17, 15) is 13.2 Å². The van der Waals surface area contributed by atoms with Crippen LogP contribution in [0.1, 0.15) is 11.1 Å². The van der Waals surface area contributed by atoms with Gasteiger partial charge in [-0.2, -0.15) is 0 Å². The van der Waals surface area contributed by atoms with Gasteiger partial charge in [-0.15, -0.1) is 0 Å². The van der Waals surface area contributed by atoms with Crippen LogP contribution in [0.25, 0.3) is 0 Å². The van der Waals surface area contributed by atoms with Gasteiger partial charge < -0.3 is 10.2 Å². The fourth-order valence-electron chi connectivity index (χ4n) is 4.47. The number of carbonyl (C=O) groups is 1. The van der Waals surface area contributed by atoms with Crippen LogP contribution in [0.2, 0.25) is 5.02 Å². The van der Waals surface area contributed by atoms with Gasteiger partial charge in [0.15, 0.2) is 0 Å². The summed E-state index contributed by atoms with van der Waals surface area (Å²) < 4.78 is 29.9. The number of hydrogen-bond acceptors (Lipinski definition) is 5. The molecule has 3 aromatic carbocycles. The first-order chi connectivity index (χ1) is 16.9. The lowest BCUT2D eigenvalue weighted by Gasteiger charge is -2.40. The molecule has 1 N–H and O–H groups in total. The molecule has 1 fully saturated rings. The summed E-state index contributed by atoms with van der Waals surface area (Å²) >= 11 is 9.99. The highest BCUT2D eigenvalue weighted by molar-refractivity contribution is 9.10. The number of carbonyl (C=O) groups excluding carboxylic acids is 1. The standard InChI is InChI=1S/C25H24BrClN4O3S/c26-21-9-5-4-8-19(21)17-31-25(32)30(16-18-6-2-1-3-7-18)23-15-20(27)14-22(24(23)35(31,33)34)29-12-10-28-11-13-29/h1-9,14-15,28H,10-13,16-17H2. The molecule has 2 heterocycles. The molecule has 0 spiro atoms. The molecular formula is C25H24BrClN4O3S. The smallest absolute Gasteiger partial charge is 0.339 e. The zero-order chi connectivity index (χ0) is 24.6. The second kappa shape index (κ2) is 9.81. The van der Waals surface area contributed by atoms with Crippen LogP contribution in [0.15, 0.2) is 76.1 Å². The zero-order valence-corrected chi connectivity index (χ0v) is 22.0. The molecule has 0 unspecified atom stereocenters. The highest BCUT2D eigenvalue weighted by atomic mass is 79.9. The van der Waals surface area contributed by atoms with Crippen LogP contribution in [0.5, 0.6) is 0 Å². The molecule has 0 aromatic heterocycles. The molecule has 182 valence electrons. The van der Waals surface area contributed by atoms with Crippen LogP contribution in [0.4, 0.5) is 16.2 Å². The molecule has 2 aliphatic rings. The van der Waals surface area contributed by atoms with Gasteiger partial charge in [0.25, 0.3) is 10.0 Å². The van der Waals surface area contributed by atoms with Gasteiger partial charge in [0, 0.05) is 35.7 Å². The fraction of sp³-hybridized carbons (Fsp3) is 0.240. The van der Waals surface area contributed by atoms with Crippen molar-refractivity contribution in [2.24, 2.45) is 0 Å². The summed E-state index contributed by atoms with van der Waals surface area (Å²) in [5, 5.41) is 3.68. The Bertz CT molecular complexity index is 1360. The average Bonchev–Trinajstić information content (AvgIpc) is 2.86. The molecule has 1 saturated heterocycles. The highest BCUT2D eigenvalue weighted by Crippen LogP contribution is 2.44. The molecular weight excluding hydrogens is 552 g/mol. The molecule has 35 heavy (non-hydrogen) atoms. The average molecular weight is 576 g/mol. The number of anilines is 2. The van der Waals surface area contributed by atoms with E-state index in [1.165, 1.54) is 4.90 Å². The van der Waals surface area contributed by atoms with Gasteiger partial charge in [0.05, 0.1) is 24.5 Å². The van der Waals surface area contributed by atoms with E-state index in [4.69, 9.17) is 11.6 Å². The minimum Gasteiger partial charge on any atom is -0.368 e. The lowest BCUT2D eigenvalue weighted by molar-refractivity contribution is 0.226. The number of fused-ring (bicyclic) bond motifs is 1. The van der Waals surface area contributed by atoms with E-state index in [0.29, 0.717) is 35.1 Å². The third kappa shape index (κ3) is 4.65. The SMILES string of the molecule is O=C1N(Cc2ccccc2)c2cc(Cl)cc(N3CCNCC3)c2S(=O)(=O)N1Cc1ccccc1Br. The first-order valence-electron chi connectivity index (χ1n) is 11.3. The first-order valence-corrected chi connectivity index (χ1v) is 13.9. The summed E-state index contributed by atoms with van der Waals surface area (Å²) in [4.78, 5) is 17.5. The lowest BCUT2D eigenvalue weighted by Crippen LogP contribution is -2.51. The highest BCUT2D eigenvalue weighted by Gasteiger charge is 2.44. The van der Waals surface area contributed by atoms with E-state index in [0.717, 1.165) is 27.4 Å². The van der Waals surface area contributed by atoms with E-state index in [2.05, 4.69) is 21.2 Å². The molecule has 10 heteroatoms. The van der Waals surface area contributed by atoms with Crippen molar-refractivity contribution in [3.63, 3.8) is 0 Å². The van der Waals surface area contributed by atoms with Crippen LogP contribution in [-0.2, 0) is 23.1 Å². The van der Waals surface area contributed by atoms with Gasteiger partial charge in [-0.1, -0.05) is 76.1 Å². The molecule has 5 rings (SSSR count). The van der Waals surface area contributed by atoms with Crippen LogP contribution < -0.4 is 15.1 Å². The Balaban J connectivity index is 1.68. The summed E-state index contributed by atoms with van der Waals surface area (Å²) in [6, 6.07) is 19.5. The van der Waals surface area contributed by atoms with Crippen LogP contribution in [0.3, 0.4) is 0 Å². The molecule has 0 bridgehead atoms. The number of sulfonamides is 1. The number of hydrogen-bond donors (Lipinski definition) is 1. The second-order valence-corrected chi connectivity index (χ2v) is 11.6. The fourth-order valence-corrected chi connectivity index (χ4v) is 6.81. The van der Waals surface area contributed by atoms with Crippen molar-refractivity contribution in [2.75, 3.05) is 36.0 Å². The maximum atomic E-state index is 14.1. The van der Waals surface area contributed by atoms with Crippen LogP contribution in [0, 0.1) is 0 Å². The Hall–Kier alpha value is -2.59. The van der Waals surface area contributed by atoms with Gasteiger partial charge in [-0.25, -0.2) is 17.5 Å². The Morgan fingerprint density at radius 3 is 2.29 bits per heavy atom. The second-order valence-electron chi connectivity index (χ2n) is 8.47. The maximum absolute atomic E-state index is 14.1. The summed E-state index contributed by atoms with van der Waals surface area (Å²) in [7, 11) is -4.17. The van der Waals surface area contributed by atoms with Gasteiger partial charge in [-0.3, -0.25) is 4.90 Å². The van der Waals surface area contributed by atoms with E-state index in [-0.39, 0.29) is 18.0 Å². The minimum atomic E-state index is -4.17. The number of halogens is 2. The van der Waals surface area contributed by atoms with Gasteiger partial charge in [-0.05, 0) is 29.3 Å². The van der Waals surface area contributed by atoms with Gasteiger partial charge in [0.1, 0.15) is 4.90 Å². The van der Waals surface area contributed by atoms with Gasteiger partial charge >= 0.3 is 6.03 Å². The summed E-state index contributed by atoms with van der Waals surface area (Å²) in [6.07, 6.45) is 0. The van der Waals surface area contributed by atoms with Crippen molar-refractivity contribution in [1.82, 2.24) is 9.62 Å². The van der Waals surface area contributed by atoms with Crippen molar-refractivity contribution >= 4 is 55.0 Å². The zero-order valence-electron chi connectivity index (χ0n) is 18.8. The number of nitrogens with zero attached hydrogens (tertiary/aromatic N) is 3. The molecule has 2 amide bonds. The van der Waals surface area contributed by atoms with E-state index < -0.39 is 16.1 Å². The molecule has 0 radical (unpaired) electrons. The number of rotatable bonds is 5. The molecule has 0 aliphatic carbocycles. The van der Waals surface area contributed by atoms with E-state index in [1.54, 1.807) is 12.1 Å². The van der Waals surface area contributed by atoms with Crippen LogP contribution >= 0.6 is 27.5 Å². The Labute approximate surface area is 218 Å². The Kier molecular flexibility index (Phi) is 6.76. The summed E-state index contributed by atoms with van der Waals surface area (Å²) in [5.74, 6) is 0. The summed E-state index contributed by atoms with van der Waals surface area (Å²) in [6.45, 7) is 2.87. The molecule has 3 aromatic rings. The van der Waals surface area contributed by atoms with E-state index in [1.807, 2.05) is 59.5 Å². The predicted octanol–water partition coefficient (Wildman–Crippen LogP) is 4.84. The Morgan fingerprint density at radius 1 is 0.914 bits per heavy atom. The minimum absolute atomic E-state index is 0.0864. The van der Waals surface area contributed by atoms with E-state index >= 15 is 0 Å². The van der Waals surface area contributed by atoms with Crippen molar-refractivity contribution in [2.45, 2.75) is 18.0 Å². The number of amides is 2. The number of urea groups is 1. The largest absolute Gasteiger partial charge is 0.368 e. The summed E-state index contributed by atoms with van der Waals surface area (Å²) in [5.41, 5.74) is 2.42. The van der Waals surface area contributed by atoms with Crippen molar-refractivity contribution in [1.29, 1.82) is 0 Å². The Morgan fingerprint density at radius 2 is 1.57 bits per heavy atom. The lowest BCUT2D eigenvalue weighted by atomic mass is 10.1. The normalized spacial score (nSPS) is 17.4. The number of nitrogens with one attached hydrogen (secondary N) is 1. The molecule has 7 nitrogen and oxygen atoms in total. The topological polar surface area (TPSA) is 73.0 Å². The molecule has 2 aliphatic heterocycles. The molecule has 0 saturated carbocycles. The quantitative estimate of drug-likeness (QED) is 0.471. The third-order valence-corrected chi connectivity index (χ3v) is 9.00. The maximum Gasteiger partial charge on any atom is 0.339 e. The number of piperazine rings is 1.